The highest BCUT2D eigenvalue weighted by molar-refractivity contribution is 5.95. The maximum absolute atomic E-state index is 12.5. The van der Waals surface area contributed by atoms with Gasteiger partial charge in [0.05, 0.1) is 5.56 Å². The van der Waals surface area contributed by atoms with E-state index in [0.717, 1.165) is 0 Å². The number of esters is 1. The Hall–Kier alpha value is -2.41. The Morgan fingerprint density at radius 2 is 1.38 bits per heavy atom. The topological polar surface area (TPSA) is 121 Å². The number of carbonyl (C=O) groups is 3. The van der Waals surface area contributed by atoms with Crippen LogP contribution < -0.4 is 0 Å². The summed E-state index contributed by atoms with van der Waals surface area (Å²) in [4.78, 5) is 34.5. The third-order valence-corrected chi connectivity index (χ3v) is 3.59. The number of rotatable bonds is 7. The van der Waals surface area contributed by atoms with Crippen LogP contribution in [-0.4, -0.2) is 45.4 Å². The van der Waals surface area contributed by atoms with Crippen LogP contribution in [0.15, 0.2) is 18.2 Å². The Bertz CT molecular complexity index is 608. The quantitative estimate of drug-likeness (QED) is 0.650. The van der Waals surface area contributed by atoms with Crippen molar-refractivity contribution >= 4 is 17.9 Å². The third-order valence-electron chi connectivity index (χ3n) is 3.59. The smallest absolute Gasteiger partial charge is 0.348 e. The minimum absolute atomic E-state index is 0.0288. The first-order valence-electron chi connectivity index (χ1n) is 7.55. The fourth-order valence-electron chi connectivity index (χ4n) is 2.34. The highest BCUT2D eigenvalue weighted by Gasteiger charge is 2.37. The van der Waals surface area contributed by atoms with Crippen molar-refractivity contribution < 1.29 is 34.4 Å². The summed E-state index contributed by atoms with van der Waals surface area (Å²) >= 11 is 0. The number of benzene rings is 1. The van der Waals surface area contributed by atoms with Gasteiger partial charge in [-0.3, -0.25) is 0 Å². The Morgan fingerprint density at radius 1 is 0.917 bits per heavy atom. The van der Waals surface area contributed by atoms with Gasteiger partial charge in [-0.05, 0) is 23.0 Å². The zero-order valence-corrected chi connectivity index (χ0v) is 14.0. The Kier molecular flexibility index (Phi) is 6.48. The molecular formula is C17H22O7. The Labute approximate surface area is 139 Å². The Balaban J connectivity index is 3.31. The van der Waals surface area contributed by atoms with Crippen LogP contribution >= 0.6 is 0 Å². The largest absolute Gasteiger partial charge is 0.479 e. The molecule has 7 nitrogen and oxygen atoms in total. The molecule has 3 N–H and O–H groups in total. The minimum Gasteiger partial charge on any atom is -0.479 e. The average molecular weight is 338 g/mol. The molecule has 1 aromatic rings. The van der Waals surface area contributed by atoms with Crippen molar-refractivity contribution in [1.82, 2.24) is 0 Å². The lowest BCUT2D eigenvalue weighted by atomic mass is 9.89. The Morgan fingerprint density at radius 3 is 1.71 bits per heavy atom. The van der Waals surface area contributed by atoms with Gasteiger partial charge in [-0.15, -0.1) is 0 Å². The van der Waals surface area contributed by atoms with Gasteiger partial charge < -0.3 is 20.1 Å². The molecule has 0 spiro atoms. The second-order valence-corrected chi connectivity index (χ2v) is 6.07. The molecule has 0 amide bonds. The molecule has 2 unspecified atom stereocenters. The number of aliphatic hydroxyl groups is 1. The first-order chi connectivity index (χ1) is 11.1. The maximum atomic E-state index is 12.5. The van der Waals surface area contributed by atoms with Crippen LogP contribution in [0.3, 0.4) is 0 Å². The van der Waals surface area contributed by atoms with Gasteiger partial charge in [0.1, 0.15) is 0 Å². The van der Waals surface area contributed by atoms with Crippen molar-refractivity contribution in [2.45, 2.75) is 51.7 Å². The van der Waals surface area contributed by atoms with Gasteiger partial charge in [0, 0.05) is 0 Å². The molecule has 0 radical (unpaired) electrons. The van der Waals surface area contributed by atoms with Crippen LogP contribution in [0.25, 0.3) is 0 Å². The molecule has 0 fully saturated rings. The number of aliphatic hydroxyl groups excluding tert-OH is 1. The molecule has 0 aliphatic carbocycles. The molecule has 2 atom stereocenters. The van der Waals surface area contributed by atoms with E-state index < -0.39 is 30.1 Å². The van der Waals surface area contributed by atoms with Crippen molar-refractivity contribution in [3.05, 3.63) is 34.9 Å². The number of hydrogen-bond donors (Lipinski definition) is 3. The molecule has 0 bridgehead atoms. The van der Waals surface area contributed by atoms with E-state index in [9.17, 15) is 19.5 Å². The number of aliphatic carboxylic acids is 2. The average Bonchev–Trinajstić information content (AvgIpc) is 2.50. The molecule has 0 aliphatic heterocycles. The zero-order valence-electron chi connectivity index (χ0n) is 14.0. The van der Waals surface area contributed by atoms with Crippen molar-refractivity contribution in [3.8, 4) is 0 Å². The van der Waals surface area contributed by atoms with E-state index in [1.807, 2.05) is 27.7 Å². The normalized spacial score (nSPS) is 13.6. The molecule has 0 heterocycles. The van der Waals surface area contributed by atoms with Crippen molar-refractivity contribution in [2.24, 2.45) is 0 Å². The number of carboxylic acid groups (broad SMARTS) is 2. The lowest BCUT2D eigenvalue weighted by molar-refractivity contribution is -0.166. The lowest BCUT2D eigenvalue weighted by Gasteiger charge is -2.21. The molecule has 0 saturated heterocycles. The number of hydrogen-bond acceptors (Lipinski definition) is 5. The number of carbonyl (C=O) groups excluding carboxylic acids is 1. The van der Waals surface area contributed by atoms with Crippen LogP contribution in [0.4, 0.5) is 0 Å². The van der Waals surface area contributed by atoms with Crippen LogP contribution in [0, 0.1) is 0 Å². The summed E-state index contributed by atoms with van der Waals surface area (Å²) < 4.78 is 4.83. The van der Waals surface area contributed by atoms with Gasteiger partial charge in [0.15, 0.2) is 6.10 Å². The highest BCUT2D eigenvalue weighted by atomic mass is 16.6. The first-order valence-corrected chi connectivity index (χ1v) is 7.55. The van der Waals surface area contributed by atoms with Crippen LogP contribution in [0.1, 0.15) is 61.0 Å². The highest BCUT2D eigenvalue weighted by Crippen LogP contribution is 2.28. The van der Waals surface area contributed by atoms with E-state index in [-0.39, 0.29) is 17.4 Å². The van der Waals surface area contributed by atoms with Gasteiger partial charge >= 0.3 is 17.9 Å². The molecule has 1 aromatic carbocycles. The summed E-state index contributed by atoms with van der Waals surface area (Å²) in [5, 5.41) is 27.3. The van der Waals surface area contributed by atoms with Crippen molar-refractivity contribution in [1.29, 1.82) is 0 Å². The van der Waals surface area contributed by atoms with Gasteiger partial charge in [-0.1, -0.05) is 45.9 Å². The zero-order chi connectivity index (χ0) is 18.6. The van der Waals surface area contributed by atoms with Gasteiger partial charge in [0.2, 0.25) is 6.10 Å². The summed E-state index contributed by atoms with van der Waals surface area (Å²) in [5.74, 6) is -4.53. The molecule has 132 valence electrons. The predicted octanol–water partition coefficient (Wildman–Crippen LogP) is 1.99. The van der Waals surface area contributed by atoms with Crippen LogP contribution in [0.5, 0.6) is 0 Å². The lowest BCUT2D eigenvalue weighted by Crippen LogP contribution is -2.43. The summed E-state index contributed by atoms with van der Waals surface area (Å²) in [5.41, 5.74) is 1.55. The monoisotopic (exact) mass is 338 g/mol. The van der Waals surface area contributed by atoms with Crippen LogP contribution in [0.2, 0.25) is 0 Å². The first kappa shape index (κ1) is 19.6. The van der Waals surface area contributed by atoms with E-state index in [4.69, 9.17) is 14.9 Å². The summed E-state index contributed by atoms with van der Waals surface area (Å²) in [7, 11) is 0. The van der Waals surface area contributed by atoms with Gasteiger partial charge in [0.25, 0.3) is 0 Å². The van der Waals surface area contributed by atoms with Crippen molar-refractivity contribution in [3.63, 3.8) is 0 Å². The van der Waals surface area contributed by atoms with E-state index in [1.54, 1.807) is 18.2 Å². The molecule has 0 aromatic heterocycles. The summed E-state index contributed by atoms with van der Waals surface area (Å²) in [6.07, 6.45) is -4.53. The molecular weight excluding hydrogens is 316 g/mol. The number of carboxylic acids is 2. The maximum Gasteiger partial charge on any atom is 0.348 e. The fourth-order valence-corrected chi connectivity index (χ4v) is 2.34. The van der Waals surface area contributed by atoms with Crippen molar-refractivity contribution in [2.75, 3.05) is 0 Å². The van der Waals surface area contributed by atoms with E-state index in [2.05, 4.69) is 0 Å². The van der Waals surface area contributed by atoms with Gasteiger partial charge in [-0.25, -0.2) is 14.4 Å². The second kappa shape index (κ2) is 7.92. The van der Waals surface area contributed by atoms with E-state index >= 15 is 0 Å². The third kappa shape index (κ3) is 4.32. The fraction of sp³-hybridized carbons (Fsp3) is 0.471. The molecule has 24 heavy (non-hydrogen) atoms. The second-order valence-electron chi connectivity index (χ2n) is 6.07. The van der Waals surface area contributed by atoms with Gasteiger partial charge in [-0.2, -0.15) is 0 Å². The molecule has 0 aliphatic rings. The molecule has 1 rings (SSSR count). The summed E-state index contributed by atoms with van der Waals surface area (Å²) in [6, 6.07) is 5.26. The summed E-state index contributed by atoms with van der Waals surface area (Å²) in [6.45, 7) is 7.49. The minimum atomic E-state index is -2.35. The molecule has 7 heteroatoms. The SMILES string of the molecule is CC(C)c1cccc(C(C)C)c1C(=O)OC(C(=O)O)C(O)C(=O)O. The standard InChI is InChI=1S/C17H22O7/c1-8(2)10-6-5-7-11(9(3)4)12(10)17(23)24-14(16(21)22)13(18)15(19)20/h5-9,13-14,18H,1-4H3,(H,19,20)(H,21,22). The predicted molar refractivity (Wildman–Crippen MR) is 85.1 cm³/mol. The number of ether oxygens (including phenoxy) is 1. The van der Waals surface area contributed by atoms with Crippen LogP contribution in [-0.2, 0) is 14.3 Å². The van der Waals surface area contributed by atoms with E-state index in [1.165, 1.54) is 0 Å². The molecule has 0 saturated carbocycles. The van der Waals surface area contributed by atoms with E-state index in [0.29, 0.717) is 11.1 Å².